The Labute approximate surface area is 121 Å². The Morgan fingerprint density at radius 1 is 1.29 bits per heavy atom. The first kappa shape index (κ1) is 16.6. The van der Waals surface area contributed by atoms with Gasteiger partial charge < -0.3 is 9.47 Å². The van der Waals surface area contributed by atoms with Gasteiger partial charge in [-0.15, -0.1) is 0 Å². The fourth-order valence-electron chi connectivity index (χ4n) is 1.51. The molecule has 0 aliphatic carbocycles. The lowest BCUT2D eigenvalue weighted by molar-refractivity contribution is 0.0588. The highest BCUT2D eigenvalue weighted by atomic mass is 19.1. The van der Waals surface area contributed by atoms with Crippen LogP contribution in [-0.4, -0.2) is 31.1 Å². The maximum atomic E-state index is 14.2. The van der Waals surface area contributed by atoms with Gasteiger partial charge in [0.1, 0.15) is 11.2 Å². The summed E-state index contributed by atoms with van der Waals surface area (Å²) in [5.74, 6) is -2.07. The highest BCUT2D eigenvalue weighted by molar-refractivity contribution is 6.00. The summed E-state index contributed by atoms with van der Waals surface area (Å²) in [6.45, 7) is 4.95. The van der Waals surface area contributed by atoms with E-state index in [1.807, 2.05) is 0 Å². The number of rotatable bonds is 3. The van der Waals surface area contributed by atoms with Crippen molar-refractivity contribution >= 4 is 24.0 Å². The SMILES string of the molecule is COC(=O)c1c(C=O)ccc(NC(=O)OC(C)(C)C)c1F. The Morgan fingerprint density at radius 2 is 1.90 bits per heavy atom. The summed E-state index contributed by atoms with van der Waals surface area (Å²) in [5, 5.41) is 2.18. The minimum atomic E-state index is -1.06. The lowest BCUT2D eigenvalue weighted by Crippen LogP contribution is -2.27. The van der Waals surface area contributed by atoms with Gasteiger partial charge >= 0.3 is 12.1 Å². The number of amides is 1. The highest BCUT2D eigenvalue weighted by Gasteiger charge is 2.23. The molecular weight excluding hydrogens is 281 g/mol. The second kappa shape index (κ2) is 6.34. The number of hydrogen-bond donors (Lipinski definition) is 1. The third-order valence-corrected chi connectivity index (χ3v) is 2.33. The average molecular weight is 297 g/mol. The zero-order valence-corrected chi connectivity index (χ0v) is 12.2. The topological polar surface area (TPSA) is 81.7 Å². The van der Waals surface area contributed by atoms with Crippen LogP contribution in [0.2, 0.25) is 0 Å². The van der Waals surface area contributed by atoms with Crippen LogP contribution in [0.4, 0.5) is 14.9 Å². The third-order valence-electron chi connectivity index (χ3n) is 2.33. The molecular formula is C14H16FNO5. The molecule has 0 aliphatic heterocycles. The van der Waals surface area contributed by atoms with Crippen molar-refractivity contribution in [1.29, 1.82) is 0 Å². The fraction of sp³-hybridized carbons (Fsp3) is 0.357. The van der Waals surface area contributed by atoms with E-state index in [2.05, 4.69) is 10.1 Å². The van der Waals surface area contributed by atoms with Gasteiger partial charge in [-0.2, -0.15) is 0 Å². The molecule has 0 atom stereocenters. The zero-order chi connectivity index (χ0) is 16.2. The second-order valence-corrected chi connectivity index (χ2v) is 5.13. The van der Waals surface area contributed by atoms with Gasteiger partial charge in [0, 0.05) is 5.56 Å². The first-order valence-corrected chi connectivity index (χ1v) is 6.05. The van der Waals surface area contributed by atoms with Crippen LogP contribution in [-0.2, 0) is 9.47 Å². The molecule has 1 rings (SSSR count). The molecule has 21 heavy (non-hydrogen) atoms. The smallest absolute Gasteiger partial charge is 0.412 e. The first-order chi connectivity index (χ1) is 9.69. The van der Waals surface area contributed by atoms with Crippen molar-refractivity contribution in [3.05, 3.63) is 29.1 Å². The predicted octanol–water partition coefficient (Wildman–Crippen LogP) is 2.77. The number of carbonyl (C=O) groups is 3. The van der Waals surface area contributed by atoms with Crippen LogP contribution >= 0.6 is 0 Å². The van der Waals surface area contributed by atoms with E-state index in [9.17, 15) is 18.8 Å². The molecule has 7 heteroatoms. The molecule has 0 aromatic heterocycles. The zero-order valence-electron chi connectivity index (χ0n) is 12.2. The van der Waals surface area contributed by atoms with Gasteiger partial charge in [0.25, 0.3) is 0 Å². The molecule has 0 saturated carbocycles. The normalized spacial score (nSPS) is 10.7. The molecule has 0 heterocycles. The fourth-order valence-corrected chi connectivity index (χ4v) is 1.51. The van der Waals surface area contributed by atoms with Gasteiger partial charge in [0.2, 0.25) is 0 Å². The van der Waals surface area contributed by atoms with Gasteiger partial charge in [-0.1, -0.05) is 0 Å². The number of nitrogens with one attached hydrogen (secondary N) is 1. The molecule has 114 valence electrons. The Bertz CT molecular complexity index is 577. The molecule has 1 aromatic carbocycles. The Hall–Kier alpha value is -2.44. The molecule has 1 aromatic rings. The summed E-state index contributed by atoms with van der Waals surface area (Å²) >= 11 is 0. The number of carbonyl (C=O) groups excluding carboxylic acids is 3. The lowest BCUT2D eigenvalue weighted by atomic mass is 10.1. The second-order valence-electron chi connectivity index (χ2n) is 5.13. The van der Waals surface area contributed by atoms with E-state index in [0.717, 1.165) is 13.2 Å². The first-order valence-electron chi connectivity index (χ1n) is 6.05. The van der Waals surface area contributed by atoms with Crippen molar-refractivity contribution in [3.8, 4) is 0 Å². The molecule has 0 unspecified atom stereocenters. The van der Waals surface area contributed by atoms with E-state index in [1.54, 1.807) is 20.8 Å². The van der Waals surface area contributed by atoms with E-state index in [1.165, 1.54) is 6.07 Å². The van der Waals surface area contributed by atoms with Crippen molar-refractivity contribution in [3.63, 3.8) is 0 Å². The van der Waals surface area contributed by atoms with Gasteiger partial charge in [0.05, 0.1) is 12.8 Å². The van der Waals surface area contributed by atoms with E-state index in [4.69, 9.17) is 4.74 Å². The standard InChI is InChI=1S/C14H16FNO5/c1-14(2,3)21-13(19)16-9-6-5-8(7-17)10(11(9)15)12(18)20-4/h5-7H,1-4H3,(H,16,19). The largest absolute Gasteiger partial charge is 0.465 e. The molecule has 0 bridgehead atoms. The summed E-state index contributed by atoms with van der Waals surface area (Å²) in [4.78, 5) is 34.0. The van der Waals surface area contributed by atoms with Gasteiger partial charge in [-0.25, -0.2) is 14.0 Å². The summed E-state index contributed by atoms with van der Waals surface area (Å²) in [7, 11) is 1.06. The summed E-state index contributed by atoms with van der Waals surface area (Å²) < 4.78 is 23.6. The van der Waals surface area contributed by atoms with Crippen LogP contribution in [0, 0.1) is 5.82 Å². The summed E-state index contributed by atoms with van der Waals surface area (Å²) in [5.41, 5.74) is -1.75. The maximum absolute atomic E-state index is 14.2. The number of ether oxygens (including phenoxy) is 2. The number of aldehydes is 1. The third kappa shape index (κ3) is 4.27. The highest BCUT2D eigenvalue weighted by Crippen LogP contribution is 2.23. The van der Waals surface area contributed by atoms with Crippen LogP contribution in [0.25, 0.3) is 0 Å². The number of halogens is 1. The molecule has 1 N–H and O–H groups in total. The summed E-state index contributed by atoms with van der Waals surface area (Å²) in [6, 6.07) is 2.37. The van der Waals surface area contributed by atoms with Crippen LogP contribution < -0.4 is 5.32 Å². The summed E-state index contributed by atoms with van der Waals surface area (Å²) in [6.07, 6.45) is -0.553. The van der Waals surface area contributed by atoms with Crippen LogP contribution in [0.3, 0.4) is 0 Å². The molecule has 0 fully saturated rings. The van der Waals surface area contributed by atoms with E-state index in [0.29, 0.717) is 6.29 Å². The van der Waals surface area contributed by atoms with E-state index in [-0.39, 0.29) is 11.3 Å². The average Bonchev–Trinajstić information content (AvgIpc) is 2.37. The minimum absolute atomic E-state index is 0.172. The number of hydrogen-bond acceptors (Lipinski definition) is 5. The van der Waals surface area contributed by atoms with Crippen molar-refractivity contribution in [2.75, 3.05) is 12.4 Å². The molecule has 0 spiro atoms. The number of anilines is 1. The Kier molecular flexibility index (Phi) is 5.02. The van der Waals surface area contributed by atoms with Crippen molar-refractivity contribution < 1.29 is 28.2 Å². The molecule has 0 saturated heterocycles. The number of benzene rings is 1. The van der Waals surface area contributed by atoms with E-state index >= 15 is 0 Å². The molecule has 1 amide bonds. The monoisotopic (exact) mass is 297 g/mol. The number of esters is 1. The van der Waals surface area contributed by atoms with Crippen molar-refractivity contribution in [2.45, 2.75) is 26.4 Å². The van der Waals surface area contributed by atoms with Gasteiger partial charge in [-0.3, -0.25) is 10.1 Å². The number of methoxy groups -OCH3 is 1. The van der Waals surface area contributed by atoms with Crippen molar-refractivity contribution in [1.82, 2.24) is 0 Å². The van der Waals surface area contributed by atoms with Crippen molar-refractivity contribution in [2.24, 2.45) is 0 Å². The van der Waals surface area contributed by atoms with Crippen LogP contribution in [0.15, 0.2) is 12.1 Å². The van der Waals surface area contributed by atoms with Crippen LogP contribution in [0.5, 0.6) is 0 Å². The van der Waals surface area contributed by atoms with Crippen LogP contribution in [0.1, 0.15) is 41.5 Å². The molecule has 0 radical (unpaired) electrons. The van der Waals surface area contributed by atoms with E-state index < -0.39 is 29.0 Å². The molecule has 6 nitrogen and oxygen atoms in total. The Balaban J connectivity index is 3.13. The quantitative estimate of drug-likeness (QED) is 0.685. The Morgan fingerprint density at radius 3 is 2.38 bits per heavy atom. The maximum Gasteiger partial charge on any atom is 0.412 e. The minimum Gasteiger partial charge on any atom is -0.465 e. The van der Waals surface area contributed by atoms with Gasteiger partial charge in [0.15, 0.2) is 12.1 Å². The van der Waals surface area contributed by atoms with Gasteiger partial charge in [-0.05, 0) is 32.9 Å². The predicted molar refractivity (Wildman–Crippen MR) is 73.0 cm³/mol. The lowest BCUT2D eigenvalue weighted by Gasteiger charge is -2.20. The molecule has 0 aliphatic rings.